The van der Waals surface area contributed by atoms with Crippen molar-refractivity contribution in [2.24, 2.45) is 0 Å². The molecule has 0 aromatic heterocycles. The second-order valence-corrected chi connectivity index (χ2v) is 10.1. The normalized spacial score (nSPS) is 12.0. The molecule has 0 bridgehead atoms. The number of hydrogen-bond acceptors (Lipinski definition) is 5. The van der Waals surface area contributed by atoms with Crippen molar-refractivity contribution < 1.29 is 22.3 Å². The van der Waals surface area contributed by atoms with Crippen LogP contribution in [0.1, 0.15) is 11.1 Å². The molecule has 0 aliphatic carbocycles. The van der Waals surface area contributed by atoms with Crippen LogP contribution in [0.25, 0.3) is 0 Å². The molecule has 0 aliphatic rings. The van der Waals surface area contributed by atoms with E-state index in [0.29, 0.717) is 21.4 Å². The molecule has 1 unspecified atom stereocenters. The van der Waals surface area contributed by atoms with E-state index < -0.39 is 10.4 Å². The van der Waals surface area contributed by atoms with Crippen LogP contribution in [0.5, 0.6) is 5.75 Å². The van der Waals surface area contributed by atoms with Gasteiger partial charge in [-0.2, -0.15) is 0 Å². The summed E-state index contributed by atoms with van der Waals surface area (Å²) in [6.45, 7) is -0.202. The highest BCUT2D eigenvalue weighted by Gasteiger charge is 2.16. The molecule has 3 rings (SSSR count). The lowest BCUT2D eigenvalue weighted by Crippen LogP contribution is -2.03. The fraction of sp³-hybridized carbons (Fsp3) is 0.143. The highest BCUT2D eigenvalue weighted by Crippen LogP contribution is 2.25. The lowest BCUT2D eigenvalue weighted by Gasteiger charge is -2.06. The molecule has 1 atom stereocenters. The van der Waals surface area contributed by atoms with Gasteiger partial charge < -0.3 is 9.66 Å². The molecule has 0 fully saturated rings. The van der Waals surface area contributed by atoms with Crippen molar-refractivity contribution in [3.8, 4) is 5.75 Å². The summed E-state index contributed by atoms with van der Waals surface area (Å²) in [5.74, 6) is 1.21. The smallest absolute Gasteiger partial charge is 0.217 e. The van der Waals surface area contributed by atoms with Gasteiger partial charge in [0.2, 0.25) is 10.4 Å². The van der Waals surface area contributed by atoms with Gasteiger partial charge in [0.05, 0.1) is 16.7 Å². The van der Waals surface area contributed by atoms with Gasteiger partial charge in [0.15, 0.2) is 4.90 Å². The SMILES string of the molecule is C[S+](Cc1ccc(Cl)c(Cl)c1)c1ccc(O)cc1.O=S(=O)([O-])OCc1ccccc1. The van der Waals surface area contributed by atoms with Crippen LogP contribution < -0.4 is 0 Å². The third-order valence-corrected chi connectivity index (χ3v) is 6.81. The van der Waals surface area contributed by atoms with Crippen LogP contribution in [0.3, 0.4) is 0 Å². The Balaban J connectivity index is 0.000000232. The summed E-state index contributed by atoms with van der Waals surface area (Å²) in [7, 11) is -4.49. The Labute approximate surface area is 189 Å². The van der Waals surface area contributed by atoms with Crippen molar-refractivity contribution in [2.75, 3.05) is 6.26 Å². The Hall–Kier alpha value is -1.74. The molecule has 0 spiro atoms. The molecule has 0 amide bonds. The van der Waals surface area contributed by atoms with Gasteiger partial charge >= 0.3 is 0 Å². The van der Waals surface area contributed by atoms with Crippen molar-refractivity contribution >= 4 is 44.5 Å². The molecular formula is C21H20Cl2O5S2. The number of aromatic hydroxyl groups is 1. The van der Waals surface area contributed by atoms with E-state index in [2.05, 4.69) is 10.4 Å². The van der Waals surface area contributed by atoms with Crippen LogP contribution in [0.4, 0.5) is 0 Å². The third-order valence-electron chi connectivity index (χ3n) is 3.82. The molecular weight excluding hydrogens is 467 g/mol. The number of benzene rings is 3. The Morgan fingerprint density at radius 2 is 1.57 bits per heavy atom. The Bertz CT molecular complexity index is 1040. The van der Waals surface area contributed by atoms with Gasteiger partial charge in [-0.05, 0) is 42.0 Å². The summed E-state index contributed by atoms with van der Waals surface area (Å²) < 4.78 is 34.1. The van der Waals surface area contributed by atoms with E-state index in [9.17, 15) is 18.1 Å². The minimum Gasteiger partial charge on any atom is -0.726 e. The van der Waals surface area contributed by atoms with Crippen LogP contribution in [0.15, 0.2) is 77.7 Å². The van der Waals surface area contributed by atoms with Gasteiger partial charge in [0, 0.05) is 16.5 Å². The number of phenolic OH excluding ortho intramolecular Hbond substituents is 1. The first kappa shape index (κ1) is 24.5. The number of phenols is 1. The van der Waals surface area contributed by atoms with Crippen molar-refractivity contribution in [3.63, 3.8) is 0 Å². The predicted molar refractivity (Wildman–Crippen MR) is 121 cm³/mol. The van der Waals surface area contributed by atoms with Crippen LogP contribution >= 0.6 is 23.2 Å². The molecule has 5 nitrogen and oxygen atoms in total. The number of halogens is 2. The maximum atomic E-state index is 10.0. The second-order valence-electron chi connectivity index (χ2n) is 6.18. The predicted octanol–water partition coefficient (Wildman–Crippen LogP) is 5.17. The van der Waals surface area contributed by atoms with Gasteiger partial charge in [-0.3, -0.25) is 4.18 Å². The zero-order valence-corrected chi connectivity index (χ0v) is 19.1. The molecule has 1 N–H and O–H groups in total. The van der Waals surface area contributed by atoms with E-state index in [1.54, 1.807) is 42.5 Å². The van der Waals surface area contributed by atoms with Crippen molar-refractivity contribution in [2.45, 2.75) is 17.3 Å². The topological polar surface area (TPSA) is 86.7 Å². The molecule has 160 valence electrons. The molecule has 0 aliphatic heterocycles. The van der Waals surface area contributed by atoms with Crippen molar-refractivity contribution in [1.29, 1.82) is 0 Å². The maximum absolute atomic E-state index is 10.0. The van der Waals surface area contributed by atoms with E-state index >= 15 is 0 Å². The Morgan fingerprint density at radius 3 is 2.13 bits per heavy atom. The summed E-state index contributed by atoms with van der Waals surface area (Å²) in [4.78, 5) is 1.22. The summed E-state index contributed by atoms with van der Waals surface area (Å²) in [6, 6.07) is 21.7. The molecule has 0 saturated carbocycles. The van der Waals surface area contributed by atoms with Gasteiger partial charge in [0.25, 0.3) is 0 Å². The number of hydrogen-bond donors (Lipinski definition) is 1. The second kappa shape index (κ2) is 11.6. The zero-order chi connectivity index (χ0) is 22.1. The van der Waals surface area contributed by atoms with Gasteiger partial charge in [0.1, 0.15) is 17.8 Å². The lowest BCUT2D eigenvalue weighted by atomic mass is 10.2. The van der Waals surface area contributed by atoms with Gasteiger partial charge in [-0.15, -0.1) is 0 Å². The van der Waals surface area contributed by atoms with Crippen LogP contribution in [0, 0.1) is 0 Å². The molecule has 30 heavy (non-hydrogen) atoms. The Morgan fingerprint density at radius 1 is 0.933 bits per heavy atom. The highest BCUT2D eigenvalue weighted by atomic mass is 35.5. The lowest BCUT2D eigenvalue weighted by molar-refractivity contribution is 0.253. The number of rotatable bonds is 6. The van der Waals surface area contributed by atoms with E-state index in [0.717, 1.165) is 5.75 Å². The molecule has 0 saturated heterocycles. The van der Waals surface area contributed by atoms with Crippen LogP contribution in [0.2, 0.25) is 10.0 Å². The van der Waals surface area contributed by atoms with Crippen molar-refractivity contribution in [3.05, 3.63) is 94.0 Å². The third kappa shape index (κ3) is 8.95. The summed E-state index contributed by atoms with van der Waals surface area (Å²) in [5, 5.41) is 10.4. The largest absolute Gasteiger partial charge is 0.726 e. The summed E-state index contributed by atoms with van der Waals surface area (Å²) >= 11 is 11.9. The minimum absolute atomic E-state index is 0.0796. The average Bonchev–Trinajstić information content (AvgIpc) is 2.70. The fourth-order valence-electron chi connectivity index (χ4n) is 2.36. The van der Waals surface area contributed by atoms with E-state index in [4.69, 9.17) is 23.2 Å². The summed E-state index contributed by atoms with van der Waals surface area (Å²) in [5.41, 5.74) is 1.82. The van der Waals surface area contributed by atoms with Gasteiger partial charge in [-0.1, -0.05) is 59.6 Å². The fourth-order valence-corrected chi connectivity index (χ4v) is 4.40. The van der Waals surface area contributed by atoms with E-state index in [1.165, 1.54) is 10.5 Å². The van der Waals surface area contributed by atoms with Crippen molar-refractivity contribution in [1.82, 2.24) is 0 Å². The standard InChI is InChI=1S/C14H12Cl2OS.C7H8O4S/c1-18(12-5-3-11(17)4-6-12)9-10-2-7-13(15)14(16)8-10;8-12(9,10)11-6-7-4-2-1-3-5-7/h2-8H,9H2,1H3;1-5H,6H2,(H,8,9,10). The minimum atomic E-state index is -4.57. The van der Waals surface area contributed by atoms with Gasteiger partial charge in [-0.25, -0.2) is 8.42 Å². The van der Waals surface area contributed by atoms with E-state index in [-0.39, 0.29) is 17.5 Å². The average molecular weight is 487 g/mol. The monoisotopic (exact) mass is 486 g/mol. The molecule has 0 heterocycles. The van der Waals surface area contributed by atoms with Crippen LogP contribution in [-0.2, 0) is 37.8 Å². The first-order valence-corrected chi connectivity index (χ1v) is 12.5. The molecule has 3 aromatic carbocycles. The molecule has 9 heteroatoms. The Kier molecular flexibility index (Phi) is 9.48. The molecule has 0 radical (unpaired) electrons. The quantitative estimate of drug-likeness (QED) is 0.295. The van der Waals surface area contributed by atoms with E-state index in [1.807, 2.05) is 30.3 Å². The first-order valence-electron chi connectivity index (χ1n) is 8.64. The highest BCUT2D eigenvalue weighted by molar-refractivity contribution is 7.95. The maximum Gasteiger partial charge on any atom is 0.217 e. The summed E-state index contributed by atoms with van der Waals surface area (Å²) in [6.07, 6.45) is 2.18. The first-order chi connectivity index (χ1) is 14.1. The zero-order valence-electron chi connectivity index (χ0n) is 16.0. The molecule has 3 aromatic rings. The van der Waals surface area contributed by atoms with Crippen LogP contribution in [-0.4, -0.2) is 24.3 Å².